The van der Waals surface area contributed by atoms with Crippen LogP contribution in [0.1, 0.15) is 36.8 Å². The first kappa shape index (κ1) is 12.7. The van der Waals surface area contributed by atoms with Crippen LogP contribution in [-0.4, -0.2) is 35.1 Å². The number of β-amino-alcohol motifs (C(OH)–C–C–N with tert-alkyl or cyclic N) is 1. The van der Waals surface area contributed by atoms with Crippen molar-refractivity contribution < 1.29 is 9.90 Å². The fraction of sp³-hybridized carbons (Fsp3) is 0.562. The fourth-order valence-corrected chi connectivity index (χ4v) is 3.47. The van der Waals surface area contributed by atoms with Gasteiger partial charge in [-0.25, -0.2) is 0 Å². The molecule has 1 saturated carbocycles. The van der Waals surface area contributed by atoms with E-state index < -0.39 is 0 Å². The zero-order chi connectivity index (χ0) is 13.5. The van der Waals surface area contributed by atoms with Crippen LogP contribution in [0, 0.1) is 6.92 Å². The van der Waals surface area contributed by atoms with Gasteiger partial charge in [-0.2, -0.15) is 0 Å². The highest BCUT2D eigenvalue weighted by atomic mass is 16.3. The van der Waals surface area contributed by atoms with Gasteiger partial charge in [-0.3, -0.25) is 4.79 Å². The number of aryl methyl sites for hydroxylation is 1. The molecule has 102 valence electrons. The first-order valence-electron chi connectivity index (χ1n) is 7.16. The highest BCUT2D eigenvalue weighted by Gasteiger charge is 2.47. The molecule has 3 heteroatoms. The van der Waals surface area contributed by atoms with Gasteiger partial charge in [0.25, 0.3) is 0 Å². The number of carbonyl (C=O) groups excluding carboxylic acids is 1. The third-order valence-corrected chi connectivity index (χ3v) is 4.59. The monoisotopic (exact) mass is 259 g/mol. The van der Waals surface area contributed by atoms with Crippen molar-refractivity contribution in [3.63, 3.8) is 0 Å². The predicted molar refractivity (Wildman–Crippen MR) is 73.9 cm³/mol. The summed E-state index contributed by atoms with van der Waals surface area (Å²) >= 11 is 0. The van der Waals surface area contributed by atoms with Gasteiger partial charge in [0, 0.05) is 13.1 Å². The van der Waals surface area contributed by atoms with E-state index in [0.717, 1.165) is 31.2 Å². The molecule has 3 rings (SSSR count). The quantitative estimate of drug-likeness (QED) is 0.882. The Labute approximate surface area is 114 Å². The summed E-state index contributed by atoms with van der Waals surface area (Å²) in [4.78, 5) is 14.6. The number of amides is 1. The van der Waals surface area contributed by atoms with Crippen molar-refractivity contribution in [3.8, 4) is 0 Å². The molecule has 1 saturated heterocycles. The highest BCUT2D eigenvalue weighted by Crippen LogP contribution is 2.43. The van der Waals surface area contributed by atoms with Gasteiger partial charge in [0.15, 0.2) is 0 Å². The van der Waals surface area contributed by atoms with Gasteiger partial charge >= 0.3 is 0 Å². The summed E-state index contributed by atoms with van der Waals surface area (Å²) in [5.41, 5.74) is 2.04. The van der Waals surface area contributed by atoms with E-state index in [0.29, 0.717) is 13.1 Å². The predicted octanol–water partition coefficient (Wildman–Crippen LogP) is 2.01. The molecule has 1 amide bonds. The van der Waals surface area contributed by atoms with Crippen molar-refractivity contribution in [2.75, 3.05) is 13.1 Å². The van der Waals surface area contributed by atoms with Crippen molar-refractivity contribution >= 4 is 5.91 Å². The molecule has 1 heterocycles. The van der Waals surface area contributed by atoms with Gasteiger partial charge in [-0.15, -0.1) is 0 Å². The molecule has 2 aliphatic rings. The number of benzene rings is 1. The van der Waals surface area contributed by atoms with E-state index in [1.165, 1.54) is 5.56 Å². The van der Waals surface area contributed by atoms with Crippen LogP contribution < -0.4 is 0 Å². The summed E-state index contributed by atoms with van der Waals surface area (Å²) in [6.45, 7) is 3.09. The van der Waals surface area contributed by atoms with E-state index in [-0.39, 0.29) is 17.4 Å². The van der Waals surface area contributed by atoms with Crippen molar-refractivity contribution in [1.82, 2.24) is 4.90 Å². The van der Waals surface area contributed by atoms with E-state index in [1.54, 1.807) is 0 Å². The summed E-state index contributed by atoms with van der Waals surface area (Å²) in [5.74, 6) is 0.223. The van der Waals surface area contributed by atoms with Crippen LogP contribution in [0.15, 0.2) is 24.3 Å². The Morgan fingerprint density at radius 3 is 2.58 bits per heavy atom. The molecule has 0 unspecified atom stereocenters. The van der Waals surface area contributed by atoms with Crippen LogP contribution in [0.2, 0.25) is 0 Å². The number of aliphatic hydroxyl groups is 1. The van der Waals surface area contributed by atoms with Crippen LogP contribution in [0.4, 0.5) is 0 Å². The molecule has 1 aromatic carbocycles. The Hall–Kier alpha value is -1.35. The van der Waals surface area contributed by atoms with E-state index in [4.69, 9.17) is 0 Å². The molecule has 1 aromatic rings. The largest absolute Gasteiger partial charge is 0.389 e. The van der Waals surface area contributed by atoms with E-state index in [2.05, 4.69) is 25.1 Å². The molecule has 2 fully saturated rings. The SMILES string of the molecule is Cc1cccc(C2(C(=O)N3CC(O)C3)CCCC2)c1. The first-order valence-corrected chi connectivity index (χ1v) is 7.16. The number of likely N-dealkylation sites (tertiary alicyclic amines) is 1. The van der Waals surface area contributed by atoms with Gasteiger partial charge in [0.2, 0.25) is 5.91 Å². The zero-order valence-electron chi connectivity index (χ0n) is 11.4. The van der Waals surface area contributed by atoms with Gasteiger partial charge in [-0.1, -0.05) is 42.7 Å². The van der Waals surface area contributed by atoms with E-state index in [1.807, 2.05) is 11.0 Å². The Morgan fingerprint density at radius 1 is 1.32 bits per heavy atom. The molecule has 1 N–H and O–H groups in total. The highest BCUT2D eigenvalue weighted by molar-refractivity contribution is 5.89. The number of nitrogens with zero attached hydrogens (tertiary/aromatic N) is 1. The number of hydrogen-bond acceptors (Lipinski definition) is 2. The minimum Gasteiger partial charge on any atom is -0.389 e. The lowest BCUT2D eigenvalue weighted by Crippen LogP contribution is -2.58. The fourth-order valence-electron chi connectivity index (χ4n) is 3.47. The minimum absolute atomic E-state index is 0.223. The summed E-state index contributed by atoms with van der Waals surface area (Å²) in [6, 6.07) is 8.36. The molecule has 3 nitrogen and oxygen atoms in total. The Morgan fingerprint density at radius 2 is 2.00 bits per heavy atom. The summed E-state index contributed by atoms with van der Waals surface area (Å²) in [7, 11) is 0. The third kappa shape index (κ3) is 2.06. The van der Waals surface area contributed by atoms with Crippen molar-refractivity contribution in [2.24, 2.45) is 0 Å². The second kappa shape index (κ2) is 4.64. The van der Waals surface area contributed by atoms with E-state index in [9.17, 15) is 9.90 Å². The number of rotatable bonds is 2. The van der Waals surface area contributed by atoms with Gasteiger partial charge < -0.3 is 10.0 Å². The van der Waals surface area contributed by atoms with Gasteiger partial charge in [0.05, 0.1) is 11.5 Å². The van der Waals surface area contributed by atoms with Gasteiger partial charge in [-0.05, 0) is 25.3 Å². The second-order valence-corrected chi connectivity index (χ2v) is 6.02. The van der Waals surface area contributed by atoms with Crippen LogP contribution >= 0.6 is 0 Å². The molecule has 1 aliphatic heterocycles. The van der Waals surface area contributed by atoms with Crippen molar-refractivity contribution in [3.05, 3.63) is 35.4 Å². The molecule has 0 bridgehead atoms. The minimum atomic E-state index is -0.327. The molecule has 19 heavy (non-hydrogen) atoms. The van der Waals surface area contributed by atoms with Crippen molar-refractivity contribution in [2.45, 2.75) is 44.1 Å². The Bertz CT molecular complexity index is 485. The van der Waals surface area contributed by atoms with E-state index >= 15 is 0 Å². The normalized spacial score (nSPS) is 22.3. The molecule has 0 aromatic heterocycles. The topological polar surface area (TPSA) is 40.5 Å². The molecule has 0 radical (unpaired) electrons. The second-order valence-electron chi connectivity index (χ2n) is 6.02. The lowest BCUT2D eigenvalue weighted by molar-refractivity contribution is -0.147. The standard InChI is InChI=1S/C16H21NO2/c1-12-5-4-6-13(9-12)16(7-2-3-8-16)15(19)17-10-14(18)11-17/h4-6,9,14,18H,2-3,7-8,10-11H2,1H3. The molecule has 0 atom stereocenters. The first-order chi connectivity index (χ1) is 9.12. The lowest BCUT2D eigenvalue weighted by atomic mass is 9.76. The Kier molecular flexibility index (Phi) is 3.09. The third-order valence-electron chi connectivity index (χ3n) is 4.59. The zero-order valence-corrected chi connectivity index (χ0v) is 11.4. The maximum atomic E-state index is 12.8. The molecule has 1 aliphatic carbocycles. The van der Waals surface area contributed by atoms with Crippen LogP contribution in [0.3, 0.4) is 0 Å². The lowest BCUT2D eigenvalue weighted by Gasteiger charge is -2.42. The Balaban J connectivity index is 1.93. The van der Waals surface area contributed by atoms with Crippen LogP contribution in [-0.2, 0) is 10.2 Å². The summed E-state index contributed by atoms with van der Waals surface area (Å²) in [5, 5.41) is 9.41. The molecular formula is C16H21NO2. The smallest absolute Gasteiger partial charge is 0.233 e. The summed E-state index contributed by atoms with van der Waals surface area (Å²) < 4.78 is 0. The average molecular weight is 259 g/mol. The molecular weight excluding hydrogens is 238 g/mol. The van der Waals surface area contributed by atoms with Crippen molar-refractivity contribution in [1.29, 1.82) is 0 Å². The summed E-state index contributed by atoms with van der Waals surface area (Å²) in [6.07, 6.45) is 3.82. The number of carbonyl (C=O) groups is 1. The number of hydrogen-bond donors (Lipinski definition) is 1. The maximum Gasteiger partial charge on any atom is 0.233 e. The van der Waals surface area contributed by atoms with Crippen LogP contribution in [0.5, 0.6) is 0 Å². The van der Waals surface area contributed by atoms with Crippen LogP contribution in [0.25, 0.3) is 0 Å². The molecule has 0 spiro atoms. The maximum absolute atomic E-state index is 12.8. The van der Waals surface area contributed by atoms with Gasteiger partial charge in [0.1, 0.15) is 0 Å². The average Bonchev–Trinajstić information content (AvgIpc) is 2.85. The number of aliphatic hydroxyl groups excluding tert-OH is 1.